The number of hydrogen-bond donors (Lipinski definition) is 2. The fraction of sp³-hybridized carbons (Fsp3) is 0.571. The Labute approximate surface area is 122 Å². The minimum absolute atomic E-state index is 0.151. The zero-order chi connectivity index (χ0) is 13.0. The van der Waals surface area contributed by atoms with Crippen LogP contribution in [-0.2, 0) is 0 Å². The second-order valence-electron chi connectivity index (χ2n) is 5.12. The van der Waals surface area contributed by atoms with Crippen LogP contribution in [0.25, 0.3) is 0 Å². The minimum atomic E-state index is 0.151. The standard InChI is InChI=1S/C14H20BrClN2/c15-11-6-7-13(16)12(9-11)14(18-17)8-10-4-2-1-3-5-10/h6-7,9-10,14,18H,1-5,8,17H2. The first-order chi connectivity index (χ1) is 8.70. The molecule has 1 unspecified atom stereocenters. The zero-order valence-electron chi connectivity index (χ0n) is 10.5. The number of nitrogens with two attached hydrogens (primary N) is 1. The third-order valence-corrected chi connectivity index (χ3v) is 4.67. The van der Waals surface area contributed by atoms with Crippen molar-refractivity contribution in [1.29, 1.82) is 0 Å². The van der Waals surface area contributed by atoms with Crippen molar-refractivity contribution in [1.82, 2.24) is 5.43 Å². The van der Waals surface area contributed by atoms with Crippen molar-refractivity contribution in [3.05, 3.63) is 33.3 Å². The summed E-state index contributed by atoms with van der Waals surface area (Å²) < 4.78 is 1.05. The lowest BCUT2D eigenvalue weighted by Crippen LogP contribution is -2.30. The summed E-state index contributed by atoms with van der Waals surface area (Å²) in [5.74, 6) is 6.49. The first-order valence-electron chi connectivity index (χ1n) is 6.62. The van der Waals surface area contributed by atoms with Crippen LogP contribution in [0.4, 0.5) is 0 Å². The summed E-state index contributed by atoms with van der Waals surface area (Å²) in [6.07, 6.45) is 7.82. The van der Waals surface area contributed by atoms with E-state index in [2.05, 4.69) is 27.4 Å². The number of hydrogen-bond acceptors (Lipinski definition) is 2. The molecule has 0 amide bonds. The smallest absolute Gasteiger partial charge is 0.0477 e. The van der Waals surface area contributed by atoms with Gasteiger partial charge < -0.3 is 0 Å². The Bertz CT molecular complexity index is 391. The summed E-state index contributed by atoms with van der Waals surface area (Å²) in [4.78, 5) is 0. The van der Waals surface area contributed by atoms with Crippen LogP contribution < -0.4 is 11.3 Å². The van der Waals surface area contributed by atoms with Crippen molar-refractivity contribution in [2.75, 3.05) is 0 Å². The van der Waals surface area contributed by atoms with Gasteiger partial charge >= 0.3 is 0 Å². The molecule has 0 aromatic heterocycles. The Balaban J connectivity index is 2.09. The first-order valence-corrected chi connectivity index (χ1v) is 7.79. The molecular weight excluding hydrogens is 312 g/mol. The molecule has 0 aliphatic heterocycles. The average molecular weight is 332 g/mol. The second-order valence-corrected chi connectivity index (χ2v) is 6.45. The van der Waals surface area contributed by atoms with Gasteiger partial charge in [-0.05, 0) is 36.1 Å². The minimum Gasteiger partial charge on any atom is -0.271 e. The van der Waals surface area contributed by atoms with E-state index in [0.717, 1.165) is 27.4 Å². The first kappa shape index (κ1) is 14.3. The molecule has 2 nitrogen and oxygen atoms in total. The third-order valence-electron chi connectivity index (χ3n) is 3.83. The van der Waals surface area contributed by atoms with E-state index in [1.807, 2.05) is 12.1 Å². The van der Waals surface area contributed by atoms with Crippen LogP contribution in [-0.4, -0.2) is 0 Å². The quantitative estimate of drug-likeness (QED) is 0.626. The van der Waals surface area contributed by atoms with Gasteiger partial charge in [0.15, 0.2) is 0 Å². The molecule has 3 N–H and O–H groups in total. The molecule has 0 spiro atoms. The Morgan fingerprint density at radius 1 is 1.33 bits per heavy atom. The number of nitrogens with one attached hydrogen (secondary N) is 1. The molecule has 100 valence electrons. The number of rotatable bonds is 4. The van der Waals surface area contributed by atoms with Crippen molar-refractivity contribution >= 4 is 27.5 Å². The summed E-state index contributed by atoms with van der Waals surface area (Å²) in [7, 11) is 0. The molecule has 1 atom stereocenters. The van der Waals surface area contributed by atoms with Crippen LogP contribution >= 0.6 is 27.5 Å². The van der Waals surface area contributed by atoms with Gasteiger partial charge in [0, 0.05) is 15.5 Å². The maximum atomic E-state index is 6.27. The Morgan fingerprint density at radius 3 is 2.72 bits per heavy atom. The number of benzene rings is 1. The molecular formula is C14H20BrClN2. The van der Waals surface area contributed by atoms with E-state index in [-0.39, 0.29) is 6.04 Å². The Hall–Kier alpha value is -0.0900. The molecule has 1 fully saturated rings. The Kier molecular flexibility index (Phi) is 5.49. The van der Waals surface area contributed by atoms with Crippen molar-refractivity contribution < 1.29 is 0 Å². The fourth-order valence-electron chi connectivity index (χ4n) is 2.82. The van der Waals surface area contributed by atoms with E-state index in [1.54, 1.807) is 0 Å². The largest absolute Gasteiger partial charge is 0.271 e. The molecule has 1 aliphatic rings. The van der Waals surface area contributed by atoms with E-state index >= 15 is 0 Å². The normalized spacial score (nSPS) is 18.8. The number of hydrazine groups is 1. The van der Waals surface area contributed by atoms with Crippen LogP contribution in [0.3, 0.4) is 0 Å². The van der Waals surface area contributed by atoms with Gasteiger partial charge in [0.05, 0.1) is 0 Å². The van der Waals surface area contributed by atoms with Crippen molar-refractivity contribution in [3.63, 3.8) is 0 Å². The summed E-state index contributed by atoms with van der Waals surface area (Å²) in [5.41, 5.74) is 4.02. The molecule has 1 saturated carbocycles. The monoisotopic (exact) mass is 330 g/mol. The van der Waals surface area contributed by atoms with Gasteiger partial charge in [-0.3, -0.25) is 11.3 Å². The van der Waals surface area contributed by atoms with Crippen LogP contribution in [0.5, 0.6) is 0 Å². The van der Waals surface area contributed by atoms with E-state index < -0.39 is 0 Å². The maximum absolute atomic E-state index is 6.27. The molecule has 0 radical (unpaired) electrons. The molecule has 4 heteroatoms. The van der Waals surface area contributed by atoms with Crippen LogP contribution in [0.1, 0.15) is 50.1 Å². The SMILES string of the molecule is NNC(CC1CCCCC1)c1cc(Br)ccc1Cl. The molecule has 2 rings (SSSR count). The van der Waals surface area contributed by atoms with Crippen molar-refractivity contribution in [2.45, 2.75) is 44.6 Å². The molecule has 1 aromatic carbocycles. The van der Waals surface area contributed by atoms with E-state index in [1.165, 1.54) is 32.1 Å². The predicted octanol–water partition coefficient (Wildman–Crippen LogP) is 4.58. The number of halogens is 2. The van der Waals surface area contributed by atoms with Gasteiger partial charge in [-0.15, -0.1) is 0 Å². The molecule has 1 aliphatic carbocycles. The van der Waals surface area contributed by atoms with Crippen molar-refractivity contribution in [2.24, 2.45) is 11.8 Å². The average Bonchev–Trinajstić information content (AvgIpc) is 2.40. The van der Waals surface area contributed by atoms with Crippen LogP contribution in [0, 0.1) is 5.92 Å². The highest BCUT2D eigenvalue weighted by atomic mass is 79.9. The van der Waals surface area contributed by atoms with E-state index in [0.29, 0.717) is 0 Å². The van der Waals surface area contributed by atoms with Gasteiger partial charge in [-0.2, -0.15) is 0 Å². The topological polar surface area (TPSA) is 38.0 Å². The summed E-state index contributed by atoms with van der Waals surface area (Å²) in [6, 6.07) is 6.10. The molecule has 1 aromatic rings. The highest BCUT2D eigenvalue weighted by Crippen LogP contribution is 2.34. The highest BCUT2D eigenvalue weighted by molar-refractivity contribution is 9.10. The molecule has 0 bridgehead atoms. The summed E-state index contributed by atoms with van der Waals surface area (Å²) in [5, 5.41) is 0.789. The predicted molar refractivity (Wildman–Crippen MR) is 80.4 cm³/mol. The maximum Gasteiger partial charge on any atom is 0.0477 e. The highest BCUT2D eigenvalue weighted by Gasteiger charge is 2.21. The molecule has 0 heterocycles. The summed E-state index contributed by atoms with van der Waals surface area (Å²) >= 11 is 9.76. The van der Waals surface area contributed by atoms with Gasteiger partial charge in [0.25, 0.3) is 0 Å². The lowest BCUT2D eigenvalue weighted by molar-refractivity contribution is 0.301. The lowest BCUT2D eigenvalue weighted by atomic mass is 9.83. The Morgan fingerprint density at radius 2 is 2.06 bits per heavy atom. The van der Waals surface area contributed by atoms with E-state index in [9.17, 15) is 0 Å². The second kappa shape index (κ2) is 6.90. The van der Waals surface area contributed by atoms with Gasteiger partial charge in [0.1, 0.15) is 0 Å². The summed E-state index contributed by atoms with van der Waals surface area (Å²) in [6.45, 7) is 0. The van der Waals surface area contributed by atoms with Crippen LogP contribution in [0.15, 0.2) is 22.7 Å². The fourth-order valence-corrected chi connectivity index (χ4v) is 3.45. The van der Waals surface area contributed by atoms with Crippen molar-refractivity contribution in [3.8, 4) is 0 Å². The molecule has 18 heavy (non-hydrogen) atoms. The van der Waals surface area contributed by atoms with Gasteiger partial charge in [0.2, 0.25) is 0 Å². The molecule has 0 saturated heterocycles. The third kappa shape index (κ3) is 3.70. The lowest BCUT2D eigenvalue weighted by Gasteiger charge is -2.27. The van der Waals surface area contributed by atoms with Gasteiger partial charge in [-0.1, -0.05) is 59.6 Å². The zero-order valence-corrected chi connectivity index (χ0v) is 12.8. The van der Waals surface area contributed by atoms with Gasteiger partial charge in [-0.25, -0.2) is 0 Å². The van der Waals surface area contributed by atoms with Crippen LogP contribution in [0.2, 0.25) is 5.02 Å². The van der Waals surface area contributed by atoms with E-state index in [4.69, 9.17) is 17.4 Å².